The number of carbonyl (C=O) groups excluding carboxylic acids is 1. The van der Waals surface area contributed by atoms with Crippen LogP contribution in [-0.2, 0) is 6.61 Å². The van der Waals surface area contributed by atoms with Crippen molar-refractivity contribution in [2.24, 2.45) is 0 Å². The number of aliphatic hydroxyl groups is 1. The smallest absolute Gasteiger partial charge is 0.251 e. The summed E-state index contributed by atoms with van der Waals surface area (Å²) in [7, 11) is 0. The van der Waals surface area contributed by atoms with Crippen molar-refractivity contribution in [1.29, 1.82) is 0 Å². The fraction of sp³-hybridized carbons (Fsp3) is 0.316. The van der Waals surface area contributed by atoms with Crippen LogP contribution in [-0.4, -0.2) is 23.7 Å². The molecule has 0 radical (unpaired) electrons. The molecule has 4 nitrogen and oxygen atoms in total. The average Bonchev–Trinajstić information content (AvgIpc) is 2.52. The van der Waals surface area contributed by atoms with Gasteiger partial charge in [0.25, 0.3) is 5.91 Å². The minimum absolute atomic E-state index is 0.219. The predicted octanol–water partition coefficient (Wildman–Crippen LogP) is 2.99. The van der Waals surface area contributed by atoms with Crippen LogP contribution in [0.25, 0.3) is 0 Å². The minimum atomic E-state index is -0.567. The maximum atomic E-state index is 12.0. The minimum Gasteiger partial charge on any atom is -0.489 e. The first-order valence-electron chi connectivity index (χ1n) is 7.71. The molecule has 1 unspecified atom stereocenters. The van der Waals surface area contributed by atoms with E-state index in [9.17, 15) is 9.90 Å². The van der Waals surface area contributed by atoms with Crippen molar-refractivity contribution in [1.82, 2.24) is 5.32 Å². The van der Waals surface area contributed by atoms with Crippen molar-refractivity contribution in [3.8, 4) is 5.75 Å². The Morgan fingerprint density at radius 3 is 2.48 bits per heavy atom. The highest BCUT2D eigenvalue weighted by atomic mass is 16.5. The molecule has 1 amide bonds. The van der Waals surface area contributed by atoms with Crippen molar-refractivity contribution in [3.05, 3.63) is 64.7 Å². The zero-order valence-electron chi connectivity index (χ0n) is 13.8. The molecule has 0 aliphatic heterocycles. The Balaban J connectivity index is 2.04. The second kappa shape index (κ2) is 7.79. The number of nitrogens with one attached hydrogen (secondary N) is 1. The molecule has 0 heterocycles. The number of aliphatic hydroxyl groups excluding tert-OH is 1. The normalized spacial score (nSPS) is 11.8. The van der Waals surface area contributed by atoms with Crippen LogP contribution in [0.2, 0.25) is 0 Å². The Hall–Kier alpha value is -2.33. The van der Waals surface area contributed by atoms with Crippen LogP contribution >= 0.6 is 0 Å². The summed E-state index contributed by atoms with van der Waals surface area (Å²) in [6, 6.07) is 13.2. The quantitative estimate of drug-likeness (QED) is 0.862. The summed E-state index contributed by atoms with van der Waals surface area (Å²) >= 11 is 0. The van der Waals surface area contributed by atoms with E-state index in [1.54, 1.807) is 25.1 Å². The van der Waals surface area contributed by atoms with Crippen LogP contribution in [0.3, 0.4) is 0 Å². The molecule has 23 heavy (non-hydrogen) atoms. The van der Waals surface area contributed by atoms with Gasteiger partial charge in [-0.1, -0.05) is 24.3 Å². The highest BCUT2D eigenvalue weighted by molar-refractivity contribution is 5.94. The maximum absolute atomic E-state index is 12.0. The standard InChI is InChI=1S/C19H23NO3/c1-13-6-4-7-14(2)18(13)12-23-17-9-5-8-16(10-17)19(22)20-11-15(3)21/h4-10,15,21H,11-12H2,1-3H3,(H,20,22). The number of rotatable bonds is 6. The van der Waals surface area contributed by atoms with Gasteiger partial charge in [-0.2, -0.15) is 0 Å². The summed E-state index contributed by atoms with van der Waals surface area (Å²) < 4.78 is 5.84. The first-order chi connectivity index (χ1) is 11.0. The fourth-order valence-electron chi connectivity index (χ4n) is 2.30. The highest BCUT2D eigenvalue weighted by Gasteiger charge is 2.08. The predicted molar refractivity (Wildman–Crippen MR) is 90.7 cm³/mol. The second-order valence-electron chi connectivity index (χ2n) is 5.75. The lowest BCUT2D eigenvalue weighted by molar-refractivity contribution is 0.0923. The Morgan fingerprint density at radius 1 is 1.17 bits per heavy atom. The third-order valence-electron chi connectivity index (χ3n) is 3.68. The number of hydrogen-bond acceptors (Lipinski definition) is 3. The van der Waals surface area contributed by atoms with Gasteiger partial charge in [0.05, 0.1) is 6.10 Å². The topological polar surface area (TPSA) is 58.6 Å². The van der Waals surface area contributed by atoms with E-state index >= 15 is 0 Å². The molecule has 4 heteroatoms. The van der Waals surface area contributed by atoms with E-state index in [1.165, 1.54) is 11.1 Å². The average molecular weight is 313 g/mol. The van der Waals surface area contributed by atoms with Gasteiger partial charge in [0.2, 0.25) is 0 Å². The third-order valence-corrected chi connectivity index (χ3v) is 3.68. The highest BCUT2D eigenvalue weighted by Crippen LogP contribution is 2.19. The zero-order chi connectivity index (χ0) is 16.8. The first-order valence-corrected chi connectivity index (χ1v) is 7.71. The summed E-state index contributed by atoms with van der Waals surface area (Å²) in [4.78, 5) is 12.0. The van der Waals surface area contributed by atoms with Crippen molar-refractivity contribution in [3.63, 3.8) is 0 Å². The first kappa shape index (κ1) is 17.0. The molecule has 0 fully saturated rings. The number of benzene rings is 2. The van der Waals surface area contributed by atoms with Crippen LogP contribution < -0.4 is 10.1 Å². The molecule has 0 saturated heterocycles. The Kier molecular flexibility index (Phi) is 5.77. The molecule has 0 aliphatic carbocycles. The number of carbonyl (C=O) groups is 1. The van der Waals surface area contributed by atoms with E-state index in [0.717, 1.165) is 5.56 Å². The van der Waals surface area contributed by atoms with Crippen molar-refractivity contribution in [2.75, 3.05) is 6.54 Å². The maximum Gasteiger partial charge on any atom is 0.251 e. The molecule has 0 aromatic heterocycles. The van der Waals surface area contributed by atoms with Gasteiger partial charge in [0.1, 0.15) is 12.4 Å². The Labute approximate surface area is 137 Å². The number of amides is 1. The number of aryl methyl sites for hydroxylation is 2. The van der Waals surface area contributed by atoms with Crippen molar-refractivity contribution >= 4 is 5.91 Å². The second-order valence-corrected chi connectivity index (χ2v) is 5.75. The Morgan fingerprint density at radius 2 is 1.83 bits per heavy atom. The van der Waals surface area contributed by atoms with E-state index in [0.29, 0.717) is 17.9 Å². The van der Waals surface area contributed by atoms with Gasteiger partial charge in [-0.05, 0) is 55.7 Å². The van der Waals surface area contributed by atoms with Crippen LogP contribution in [0.4, 0.5) is 0 Å². The van der Waals surface area contributed by atoms with Crippen LogP contribution in [0.5, 0.6) is 5.75 Å². The van der Waals surface area contributed by atoms with E-state index < -0.39 is 6.10 Å². The lowest BCUT2D eigenvalue weighted by Crippen LogP contribution is -2.30. The summed E-state index contributed by atoms with van der Waals surface area (Å²) in [6.07, 6.45) is -0.567. The third kappa shape index (κ3) is 4.83. The monoisotopic (exact) mass is 313 g/mol. The molecule has 2 aromatic rings. The number of ether oxygens (including phenoxy) is 1. The largest absolute Gasteiger partial charge is 0.489 e. The molecule has 2 N–H and O–H groups in total. The van der Waals surface area contributed by atoms with E-state index in [-0.39, 0.29) is 12.5 Å². The van der Waals surface area contributed by atoms with Gasteiger partial charge < -0.3 is 15.2 Å². The summed E-state index contributed by atoms with van der Waals surface area (Å²) in [5, 5.41) is 11.9. The van der Waals surface area contributed by atoms with E-state index in [1.807, 2.05) is 12.1 Å². The molecule has 1 atom stereocenters. The lowest BCUT2D eigenvalue weighted by atomic mass is 10.0. The summed E-state index contributed by atoms with van der Waals surface area (Å²) in [5.74, 6) is 0.431. The molecule has 0 aliphatic rings. The molecule has 0 saturated carbocycles. The lowest BCUT2D eigenvalue weighted by Gasteiger charge is -2.12. The van der Waals surface area contributed by atoms with Crippen molar-refractivity contribution < 1.29 is 14.6 Å². The van der Waals surface area contributed by atoms with Gasteiger partial charge in [-0.3, -0.25) is 4.79 Å². The summed E-state index contributed by atoms with van der Waals surface area (Å²) in [5.41, 5.74) is 4.06. The SMILES string of the molecule is Cc1cccc(C)c1COc1cccc(C(=O)NCC(C)O)c1. The van der Waals surface area contributed by atoms with Crippen molar-refractivity contribution in [2.45, 2.75) is 33.5 Å². The molecular weight excluding hydrogens is 290 g/mol. The Bertz CT molecular complexity index is 660. The van der Waals surface area contributed by atoms with Gasteiger partial charge in [-0.25, -0.2) is 0 Å². The van der Waals surface area contributed by atoms with Gasteiger partial charge in [-0.15, -0.1) is 0 Å². The van der Waals surface area contributed by atoms with Crippen LogP contribution in [0.15, 0.2) is 42.5 Å². The molecule has 0 bridgehead atoms. The molecule has 122 valence electrons. The zero-order valence-corrected chi connectivity index (χ0v) is 13.8. The molecular formula is C19H23NO3. The van der Waals surface area contributed by atoms with Crippen LogP contribution in [0.1, 0.15) is 34.0 Å². The van der Waals surface area contributed by atoms with Gasteiger partial charge in [0.15, 0.2) is 0 Å². The fourth-order valence-corrected chi connectivity index (χ4v) is 2.30. The molecule has 2 rings (SSSR count). The van der Waals surface area contributed by atoms with E-state index in [2.05, 4.69) is 31.3 Å². The number of hydrogen-bond donors (Lipinski definition) is 2. The van der Waals surface area contributed by atoms with Gasteiger partial charge >= 0.3 is 0 Å². The van der Waals surface area contributed by atoms with Gasteiger partial charge in [0, 0.05) is 12.1 Å². The van der Waals surface area contributed by atoms with Crippen LogP contribution in [0, 0.1) is 13.8 Å². The summed E-state index contributed by atoms with van der Waals surface area (Å²) in [6.45, 7) is 6.45. The van der Waals surface area contributed by atoms with E-state index in [4.69, 9.17) is 4.74 Å². The molecule has 2 aromatic carbocycles. The molecule has 0 spiro atoms.